The van der Waals surface area contributed by atoms with Crippen molar-refractivity contribution in [2.24, 2.45) is 0 Å². The monoisotopic (exact) mass is 417 g/mol. The van der Waals surface area contributed by atoms with Crippen molar-refractivity contribution in [1.29, 1.82) is 5.26 Å². The number of carbonyl (C=O) groups excluding carboxylic acids is 1. The molecule has 1 aliphatic rings. The molecule has 0 aromatic heterocycles. The van der Waals surface area contributed by atoms with Gasteiger partial charge in [-0.15, -0.1) is 0 Å². The van der Waals surface area contributed by atoms with E-state index in [0.29, 0.717) is 36.2 Å². The molecular formula is C21H27N3O4S. The SMILES string of the molecule is CCOCCCN1C(=S)N[C@@H](c2ccc(OCC#N)cc2)C(C(=O)OCC)=C1C. The van der Waals surface area contributed by atoms with E-state index in [1.165, 1.54) is 0 Å². The van der Waals surface area contributed by atoms with Crippen LogP contribution in [0, 0.1) is 11.3 Å². The van der Waals surface area contributed by atoms with Gasteiger partial charge >= 0.3 is 5.97 Å². The lowest BCUT2D eigenvalue weighted by atomic mass is 9.95. The fraction of sp³-hybridized carbons (Fsp3) is 0.476. The molecule has 8 heteroatoms. The lowest BCUT2D eigenvalue weighted by Gasteiger charge is -2.37. The molecule has 1 aromatic carbocycles. The predicted octanol–water partition coefficient (Wildman–Crippen LogP) is 3.08. The van der Waals surface area contributed by atoms with Crippen molar-refractivity contribution in [1.82, 2.24) is 10.2 Å². The third-order valence-electron chi connectivity index (χ3n) is 4.48. The normalized spacial score (nSPS) is 16.3. The van der Waals surface area contributed by atoms with Crippen molar-refractivity contribution in [2.45, 2.75) is 33.2 Å². The minimum atomic E-state index is -0.422. The third-order valence-corrected chi connectivity index (χ3v) is 4.82. The van der Waals surface area contributed by atoms with E-state index >= 15 is 0 Å². The fourth-order valence-electron chi connectivity index (χ4n) is 3.11. The number of rotatable bonds is 10. The van der Waals surface area contributed by atoms with Crippen LogP contribution >= 0.6 is 12.2 Å². The van der Waals surface area contributed by atoms with Crippen LogP contribution in [0.3, 0.4) is 0 Å². The lowest BCUT2D eigenvalue weighted by molar-refractivity contribution is -0.139. The molecule has 156 valence electrons. The summed E-state index contributed by atoms with van der Waals surface area (Å²) in [6, 6.07) is 8.75. The van der Waals surface area contributed by atoms with Crippen LogP contribution in [0.5, 0.6) is 5.75 Å². The van der Waals surface area contributed by atoms with Crippen LogP contribution in [0.2, 0.25) is 0 Å². The topological polar surface area (TPSA) is 83.8 Å². The first-order chi connectivity index (χ1) is 14.0. The molecule has 0 saturated heterocycles. The highest BCUT2D eigenvalue weighted by Gasteiger charge is 2.34. The van der Waals surface area contributed by atoms with Crippen molar-refractivity contribution in [3.63, 3.8) is 0 Å². The number of benzene rings is 1. The van der Waals surface area contributed by atoms with Gasteiger partial charge in [0.15, 0.2) is 11.7 Å². The van der Waals surface area contributed by atoms with Crippen LogP contribution in [-0.4, -0.2) is 49.0 Å². The summed E-state index contributed by atoms with van der Waals surface area (Å²) in [5.41, 5.74) is 2.16. The van der Waals surface area contributed by atoms with Gasteiger partial charge in [0.25, 0.3) is 0 Å². The lowest BCUT2D eigenvalue weighted by Crippen LogP contribution is -2.48. The Morgan fingerprint density at radius 2 is 2.00 bits per heavy atom. The summed E-state index contributed by atoms with van der Waals surface area (Å²) in [5.74, 6) is 0.217. The van der Waals surface area contributed by atoms with Crippen molar-refractivity contribution in [2.75, 3.05) is 33.0 Å². The Morgan fingerprint density at radius 3 is 2.62 bits per heavy atom. The molecule has 0 saturated carbocycles. The standard InChI is InChI=1S/C21H27N3O4S/c1-4-26-13-6-12-24-15(3)18(20(25)27-5-2)19(23-21(24)29)16-7-9-17(10-8-16)28-14-11-22/h7-10,19H,4-6,12-14H2,1-3H3,(H,23,29)/t19-/m0/s1. The number of esters is 1. The fourth-order valence-corrected chi connectivity index (χ4v) is 3.46. The van der Waals surface area contributed by atoms with Gasteiger partial charge in [0.1, 0.15) is 11.8 Å². The summed E-state index contributed by atoms with van der Waals surface area (Å²) >= 11 is 5.57. The number of thiocarbonyl (C=S) groups is 1. The van der Waals surface area contributed by atoms with Gasteiger partial charge in [-0.3, -0.25) is 0 Å². The second-order valence-electron chi connectivity index (χ2n) is 6.32. The minimum absolute atomic E-state index is 0.0189. The zero-order chi connectivity index (χ0) is 21.2. The molecule has 0 spiro atoms. The van der Waals surface area contributed by atoms with E-state index in [4.69, 9.17) is 31.7 Å². The summed E-state index contributed by atoms with van der Waals surface area (Å²) in [4.78, 5) is 14.7. The van der Waals surface area contributed by atoms with Crippen LogP contribution in [0.4, 0.5) is 0 Å². The number of hydrogen-bond acceptors (Lipinski definition) is 6. The van der Waals surface area contributed by atoms with Crippen LogP contribution in [0.1, 0.15) is 38.8 Å². The molecule has 0 aliphatic carbocycles. The molecule has 1 atom stereocenters. The smallest absolute Gasteiger partial charge is 0.338 e. The molecule has 1 aromatic rings. The third kappa shape index (κ3) is 5.92. The predicted molar refractivity (Wildman–Crippen MR) is 113 cm³/mol. The average molecular weight is 418 g/mol. The highest BCUT2D eigenvalue weighted by Crippen LogP contribution is 2.32. The first-order valence-corrected chi connectivity index (χ1v) is 10.1. The number of nitriles is 1. The molecule has 0 unspecified atom stereocenters. The Bertz CT molecular complexity index is 786. The molecule has 29 heavy (non-hydrogen) atoms. The maximum absolute atomic E-state index is 12.8. The van der Waals surface area contributed by atoms with Crippen molar-refractivity contribution in [3.8, 4) is 11.8 Å². The quantitative estimate of drug-likeness (QED) is 0.353. The molecule has 0 bridgehead atoms. The van der Waals surface area contributed by atoms with Gasteiger partial charge in [-0.05, 0) is 57.1 Å². The molecule has 0 fully saturated rings. The number of hydrogen-bond donors (Lipinski definition) is 1. The summed E-state index contributed by atoms with van der Waals surface area (Å²) in [5, 5.41) is 12.5. The molecule has 0 radical (unpaired) electrons. The molecular weight excluding hydrogens is 390 g/mol. The van der Waals surface area contributed by atoms with Gasteiger partial charge in [-0.2, -0.15) is 5.26 Å². The van der Waals surface area contributed by atoms with Crippen LogP contribution in [0.15, 0.2) is 35.5 Å². The molecule has 2 rings (SSSR count). The highest BCUT2D eigenvalue weighted by molar-refractivity contribution is 7.80. The number of carbonyl (C=O) groups is 1. The van der Waals surface area contributed by atoms with E-state index in [9.17, 15) is 4.79 Å². The highest BCUT2D eigenvalue weighted by atomic mass is 32.1. The Morgan fingerprint density at radius 1 is 1.28 bits per heavy atom. The van der Waals surface area contributed by atoms with E-state index in [0.717, 1.165) is 17.7 Å². The maximum Gasteiger partial charge on any atom is 0.338 e. The van der Waals surface area contributed by atoms with Crippen LogP contribution in [-0.2, 0) is 14.3 Å². The van der Waals surface area contributed by atoms with Crippen molar-refractivity contribution in [3.05, 3.63) is 41.1 Å². The Balaban J connectivity index is 2.30. The Hall–Kier alpha value is -2.63. The molecule has 1 heterocycles. The van der Waals surface area contributed by atoms with E-state index in [1.807, 2.05) is 36.9 Å². The van der Waals surface area contributed by atoms with Crippen molar-refractivity contribution >= 4 is 23.3 Å². The molecule has 1 aliphatic heterocycles. The van der Waals surface area contributed by atoms with E-state index < -0.39 is 6.04 Å². The largest absolute Gasteiger partial charge is 0.479 e. The number of nitrogens with one attached hydrogen (secondary N) is 1. The van der Waals surface area contributed by atoms with Crippen LogP contribution in [0.25, 0.3) is 0 Å². The number of allylic oxidation sites excluding steroid dienone is 1. The summed E-state index contributed by atoms with van der Waals surface area (Å²) < 4.78 is 16.0. The van der Waals surface area contributed by atoms with Gasteiger partial charge in [-0.25, -0.2) is 4.79 Å². The van der Waals surface area contributed by atoms with E-state index in [2.05, 4.69) is 5.32 Å². The minimum Gasteiger partial charge on any atom is -0.479 e. The number of nitrogens with zero attached hydrogens (tertiary/aromatic N) is 2. The second-order valence-corrected chi connectivity index (χ2v) is 6.71. The molecule has 7 nitrogen and oxygen atoms in total. The number of ether oxygens (including phenoxy) is 3. The Kier molecular flexibility index (Phi) is 8.90. The van der Waals surface area contributed by atoms with Gasteiger partial charge < -0.3 is 24.4 Å². The summed E-state index contributed by atoms with van der Waals surface area (Å²) in [6.45, 7) is 7.84. The van der Waals surface area contributed by atoms with Gasteiger partial charge in [0, 0.05) is 25.5 Å². The zero-order valence-electron chi connectivity index (χ0n) is 17.1. The van der Waals surface area contributed by atoms with Gasteiger partial charge in [-0.1, -0.05) is 12.1 Å². The first-order valence-electron chi connectivity index (χ1n) is 9.66. The van der Waals surface area contributed by atoms with Crippen LogP contribution < -0.4 is 10.1 Å². The maximum atomic E-state index is 12.8. The van der Waals surface area contributed by atoms with Gasteiger partial charge in [0.2, 0.25) is 0 Å². The van der Waals surface area contributed by atoms with Gasteiger partial charge in [0.05, 0.1) is 18.2 Å². The first kappa shape index (κ1) is 22.7. The summed E-state index contributed by atoms with van der Waals surface area (Å²) in [6.07, 6.45) is 0.790. The second kappa shape index (κ2) is 11.4. The van der Waals surface area contributed by atoms with E-state index in [-0.39, 0.29) is 19.2 Å². The molecule has 1 N–H and O–H groups in total. The van der Waals surface area contributed by atoms with Crippen molar-refractivity contribution < 1.29 is 19.0 Å². The summed E-state index contributed by atoms with van der Waals surface area (Å²) in [7, 11) is 0. The van der Waals surface area contributed by atoms with E-state index in [1.54, 1.807) is 19.1 Å². The zero-order valence-corrected chi connectivity index (χ0v) is 17.9. The average Bonchev–Trinajstić information content (AvgIpc) is 2.71. The Labute approximate surface area is 177 Å². The molecule has 0 amide bonds.